The molecule has 0 spiro atoms. The fourth-order valence-corrected chi connectivity index (χ4v) is 2.44. The minimum Gasteiger partial charge on any atom is -0.493 e. The number of hydrogen-bond acceptors (Lipinski definition) is 3. The Kier molecular flexibility index (Phi) is 5.67. The Hall–Kier alpha value is -2.20. The van der Waals surface area contributed by atoms with Gasteiger partial charge in [-0.1, -0.05) is 29.8 Å². The average Bonchev–Trinajstić information content (AvgIpc) is 2.55. The zero-order valence-electron chi connectivity index (χ0n) is 13.7. The second-order valence-corrected chi connectivity index (χ2v) is 5.18. The molecule has 0 amide bonds. The predicted molar refractivity (Wildman–Crippen MR) is 86.6 cm³/mol. The van der Waals surface area contributed by atoms with Crippen molar-refractivity contribution < 1.29 is 19.5 Å². The first kappa shape index (κ1) is 16.2. The molecule has 118 valence electrons. The van der Waals surface area contributed by atoms with Gasteiger partial charge in [0.1, 0.15) is 13.1 Å². The maximum Gasteiger partial charge on any atom is 0.203 e. The lowest BCUT2D eigenvalue weighted by molar-refractivity contribution is -0.686. The molecule has 4 nitrogen and oxygen atoms in total. The molecule has 0 aliphatic carbocycles. The van der Waals surface area contributed by atoms with E-state index in [9.17, 15) is 0 Å². The molecule has 0 unspecified atom stereocenters. The number of ether oxygens (including phenoxy) is 3. The molecule has 4 heteroatoms. The molecular weight excluding hydrogens is 278 g/mol. The van der Waals surface area contributed by atoms with E-state index in [1.165, 1.54) is 11.1 Å². The van der Waals surface area contributed by atoms with Gasteiger partial charge in [-0.05, 0) is 19.1 Å². The average molecular weight is 302 g/mol. The van der Waals surface area contributed by atoms with Gasteiger partial charge in [0.25, 0.3) is 0 Å². The van der Waals surface area contributed by atoms with Gasteiger partial charge in [-0.15, -0.1) is 0 Å². The highest BCUT2D eigenvalue weighted by Gasteiger charge is 2.16. The molecule has 0 aliphatic heterocycles. The fourth-order valence-electron chi connectivity index (χ4n) is 2.44. The number of quaternary nitrogens is 1. The first-order chi connectivity index (χ1) is 10.7. The Morgan fingerprint density at radius 3 is 2.05 bits per heavy atom. The molecule has 0 heterocycles. The number of hydrogen-bond donors (Lipinski definition) is 1. The predicted octanol–water partition coefficient (Wildman–Crippen LogP) is 2.28. The highest BCUT2D eigenvalue weighted by molar-refractivity contribution is 5.55. The van der Waals surface area contributed by atoms with Gasteiger partial charge >= 0.3 is 0 Å². The lowest BCUT2D eigenvalue weighted by Gasteiger charge is -2.15. The normalized spacial score (nSPS) is 10.4. The Bertz CT molecular complexity index is 608. The van der Waals surface area contributed by atoms with E-state index >= 15 is 0 Å². The van der Waals surface area contributed by atoms with E-state index in [1.54, 1.807) is 21.3 Å². The first-order valence-corrected chi connectivity index (χ1v) is 7.34. The van der Waals surface area contributed by atoms with E-state index in [0.717, 1.165) is 24.4 Å². The van der Waals surface area contributed by atoms with Crippen molar-refractivity contribution in [3.63, 3.8) is 0 Å². The molecule has 0 radical (unpaired) electrons. The zero-order chi connectivity index (χ0) is 15.9. The summed E-state index contributed by atoms with van der Waals surface area (Å²) in [7, 11) is 4.90. The standard InChI is InChI=1S/C18H23NO3/c1-13-5-7-14(8-6-13)11-19-12-15-9-10-16(20-2)18(22-4)17(15)21-3/h5-10,19H,11-12H2,1-4H3/p+1. The van der Waals surface area contributed by atoms with Gasteiger partial charge in [0.2, 0.25) is 5.75 Å². The Balaban J connectivity index is 2.07. The summed E-state index contributed by atoms with van der Waals surface area (Å²) in [4.78, 5) is 0. The summed E-state index contributed by atoms with van der Waals surface area (Å²) in [5.74, 6) is 2.06. The van der Waals surface area contributed by atoms with Crippen LogP contribution < -0.4 is 19.5 Å². The van der Waals surface area contributed by atoms with Crippen LogP contribution in [0, 0.1) is 6.92 Å². The maximum atomic E-state index is 5.50. The maximum absolute atomic E-state index is 5.50. The monoisotopic (exact) mass is 302 g/mol. The van der Waals surface area contributed by atoms with E-state index < -0.39 is 0 Å². The quantitative estimate of drug-likeness (QED) is 0.853. The van der Waals surface area contributed by atoms with Crippen LogP contribution in [0.25, 0.3) is 0 Å². The molecule has 0 saturated carbocycles. The molecule has 0 fully saturated rings. The van der Waals surface area contributed by atoms with Gasteiger partial charge in [-0.25, -0.2) is 0 Å². The van der Waals surface area contributed by atoms with Crippen LogP contribution in [0.2, 0.25) is 0 Å². The molecular formula is C18H24NO3+. The van der Waals surface area contributed by atoms with E-state index in [1.807, 2.05) is 12.1 Å². The Morgan fingerprint density at radius 2 is 1.45 bits per heavy atom. The molecule has 2 aromatic carbocycles. The van der Waals surface area contributed by atoms with Crippen LogP contribution in [0.1, 0.15) is 16.7 Å². The van der Waals surface area contributed by atoms with E-state index in [-0.39, 0.29) is 0 Å². The SMILES string of the molecule is COc1ccc(C[NH2+]Cc2ccc(C)cc2)c(OC)c1OC. The summed E-state index contributed by atoms with van der Waals surface area (Å²) >= 11 is 0. The third-order valence-electron chi connectivity index (χ3n) is 3.65. The van der Waals surface area contributed by atoms with Crippen LogP contribution in [0.15, 0.2) is 36.4 Å². The Labute approximate surface area is 132 Å². The van der Waals surface area contributed by atoms with Crippen molar-refractivity contribution in [2.75, 3.05) is 21.3 Å². The third kappa shape index (κ3) is 3.71. The second-order valence-electron chi connectivity index (χ2n) is 5.18. The van der Waals surface area contributed by atoms with Gasteiger partial charge in [-0.3, -0.25) is 0 Å². The number of nitrogens with two attached hydrogens (primary N) is 1. The lowest BCUT2D eigenvalue weighted by atomic mass is 10.1. The zero-order valence-corrected chi connectivity index (χ0v) is 13.7. The van der Waals surface area contributed by atoms with Gasteiger partial charge in [0, 0.05) is 5.56 Å². The molecule has 0 saturated heterocycles. The van der Waals surface area contributed by atoms with Crippen molar-refractivity contribution in [3.8, 4) is 17.2 Å². The van der Waals surface area contributed by atoms with Crippen molar-refractivity contribution in [1.29, 1.82) is 0 Å². The second kappa shape index (κ2) is 7.71. The van der Waals surface area contributed by atoms with Crippen LogP contribution in [0.4, 0.5) is 0 Å². The van der Waals surface area contributed by atoms with Gasteiger partial charge in [-0.2, -0.15) is 0 Å². The summed E-state index contributed by atoms with van der Waals surface area (Å²) in [6.07, 6.45) is 0. The smallest absolute Gasteiger partial charge is 0.203 e. The molecule has 2 rings (SSSR count). The first-order valence-electron chi connectivity index (χ1n) is 7.34. The number of methoxy groups -OCH3 is 3. The van der Waals surface area contributed by atoms with E-state index in [4.69, 9.17) is 14.2 Å². The molecule has 0 atom stereocenters. The Morgan fingerprint density at radius 1 is 0.773 bits per heavy atom. The highest BCUT2D eigenvalue weighted by Crippen LogP contribution is 2.39. The molecule has 2 aromatic rings. The highest BCUT2D eigenvalue weighted by atomic mass is 16.5. The molecule has 0 aromatic heterocycles. The van der Waals surface area contributed by atoms with Crippen molar-refractivity contribution in [2.24, 2.45) is 0 Å². The largest absolute Gasteiger partial charge is 0.493 e. The van der Waals surface area contributed by atoms with Crippen LogP contribution >= 0.6 is 0 Å². The summed E-state index contributed by atoms with van der Waals surface area (Å²) < 4.78 is 16.2. The molecule has 0 aliphatic rings. The third-order valence-corrected chi connectivity index (χ3v) is 3.65. The van der Waals surface area contributed by atoms with Crippen LogP contribution in [0.3, 0.4) is 0 Å². The van der Waals surface area contributed by atoms with Crippen LogP contribution in [-0.2, 0) is 13.1 Å². The van der Waals surface area contributed by atoms with Gasteiger partial charge < -0.3 is 19.5 Å². The van der Waals surface area contributed by atoms with Crippen molar-refractivity contribution in [3.05, 3.63) is 53.1 Å². The van der Waals surface area contributed by atoms with Gasteiger partial charge in [0.05, 0.1) is 26.9 Å². The molecule has 2 N–H and O–H groups in total. The topological polar surface area (TPSA) is 44.3 Å². The molecule has 0 bridgehead atoms. The van der Waals surface area contributed by atoms with Crippen LogP contribution in [-0.4, -0.2) is 21.3 Å². The lowest BCUT2D eigenvalue weighted by Crippen LogP contribution is -2.80. The van der Waals surface area contributed by atoms with Crippen LogP contribution in [0.5, 0.6) is 17.2 Å². The molecule has 22 heavy (non-hydrogen) atoms. The number of benzene rings is 2. The summed E-state index contributed by atoms with van der Waals surface area (Å²) in [6, 6.07) is 12.5. The van der Waals surface area contributed by atoms with E-state index in [0.29, 0.717) is 11.5 Å². The summed E-state index contributed by atoms with van der Waals surface area (Å²) in [5.41, 5.74) is 3.68. The summed E-state index contributed by atoms with van der Waals surface area (Å²) in [5, 5.41) is 2.24. The number of aryl methyl sites for hydroxylation is 1. The minimum absolute atomic E-state index is 0.645. The van der Waals surface area contributed by atoms with Crippen molar-refractivity contribution >= 4 is 0 Å². The minimum atomic E-state index is 0.645. The van der Waals surface area contributed by atoms with Gasteiger partial charge in [0.15, 0.2) is 11.5 Å². The van der Waals surface area contributed by atoms with Crippen molar-refractivity contribution in [2.45, 2.75) is 20.0 Å². The van der Waals surface area contributed by atoms with Crippen molar-refractivity contribution in [1.82, 2.24) is 0 Å². The van der Waals surface area contributed by atoms with E-state index in [2.05, 4.69) is 36.5 Å². The summed E-state index contributed by atoms with van der Waals surface area (Å²) in [6.45, 7) is 3.84. The number of rotatable bonds is 7. The fraction of sp³-hybridized carbons (Fsp3) is 0.333.